The second kappa shape index (κ2) is 9.39. The van der Waals surface area contributed by atoms with Gasteiger partial charge < -0.3 is 24.6 Å². The molecule has 0 atom stereocenters. The Morgan fingerprint density at radius 1 is 0.963 bits per heavy atom. The number of anilines is 1. The van der Waals surface area contributed by atoms with Crippen LogP contribution in [0.15, 0.2) is 48.5 Å². The van der Waals surface area contributed by atoms with E-state index in [0.29, 0.717) is 23.7 Å². The summed E-state index contributed by atoms with van der Waals surface area (Å²) in [5, 5.41) is 2.96. The molecule has 0 unspecified atom stereocenters. The molecule has 6 nitrogen and oxygen atoms in total. The molecule has 1 fully saturated rings. The molecule has 0 aliphatic carbocycles. The lowest BCUT2D eigenvalue weighted by atomic mass is 10.2. The molecular formula is C21H29N3O3+2. The third-order valence-electron chi connectivity index (χ3n) is 5.05. The van der Waals surface area contributed by atoms with E-state index in [4.69, 9.17) is 9.47 Å². The number of hydrogen-bond donors (Lipinski definition) is 3. The standard InChI is InChI=1S/C21H27N3O3/c1-26-18-8-9-19(20(14-18)27-2)22-21(25)16-24-12-10-23(11-13-24)15-17-6-4-3-5-7-17/h3-9,14H,10-13,15-16H2,1-2H3,(H,22,25)/p+2. The minimum absolute atomic E-state index is 0.0139. The highest BCUT2D eigenvalue weighted by molar-refractivity contribution is 5.93. The molecule has 1 aliphatic heterocycles. The first-order valence-electron chi connectivity index (χ1n) is 9.41. The third-order valence-corrected chi connectivity index (χ3v) is 5.05. The summed E-state index contributed by atoms with van der Waals surface area (Å²) in [5.74, 6) is 1.32. The minimum atomic E-state index is 0.0139. The van der Waals surface area contributed by atoms with E-state index in [1.807, 2.05) is 12.1 Å². The number of quaternary nitrogens is 2. The van der Waals surface area contributed by atoms with Crippen LogP contribution >= 0.6 is 0 Å². The number of carbonyl (C=O) groups excluding carboxylic acids is 1. The van der Waals surface area contributed by atoms with Gasteiger partial charge in [0.1, 0.15) is 44.2 Å². The Labute approximate surface area is 160 Å². The monoisotopic (exact) mass is 371 g/mol. The zero-order valence-electron chi connectivity index (χ0n) is 16.1. The van der Waals surface area contributed by atoms with Crippen molar-refractivity contribution >= 4 is 11.6 Å². The number of benzene rings is 2. The molecule has 27 heavy (non-hydrogen) atoms. The maximum atomic E-state index is 12.5. The molecule has 3 N–H and O–H groups in total. The van der Waals surface area contributed by atoms with E-state index >= 15 is 0 Å². The van der Waals surface area contributed by atoms with Crippen molar-refractivity contribution in [1.82, 2.24) is 0 Å². The highest BCUT2D eigenvalue weighted by Gasteiger charge is 2.25. The fourth-order valence-electron chi connectivity index (χ4n) is 3.52. The van der Waals surface area contributed by atoms with E-state index in [2.05, 4.69) is 35.6 Å². The van der Waals surface area contributed by atoms with Gasteiger partial charge in [0.25, 0.3) is 5.91 Å². The number of hydrogen-bond acceptors (Lipinski definition) is 3. The van der Waals surface area contributed by atoms with Crippen molar-refractivity contribution in [3.8, 4) is 11.5 Å². The van der Waals surface area contributed by atoms with Gasteiger partial charge in [0.2, 0.25) is 0 Å². The molecule has 2 aromatic carbocycles. The summed E-state index contributed by atoms with van der Waals surface area (Å²) in [6.45, 7) is 5.73. The van der Waals surface area contributed by atoms with Crippen LogP contribution in [0.5, 0.6) is 11.5 Å². The van der Waals surface area contributed by atoms with Crippen LogP contribution in [0.2, 0.25) is 0 Å². The van der Waals surface area contributed by atoms with E-state index in [0.717, 1.165) is 32.7 Å². The molecular weight excluding hydrogens is 342 g/mol. The first kappa shape index (κ1) is 19.2. The Kier molecular flexibility index (Phi) is 6.68. The van der Waals surface area contributed by atoms with E-state index in [9.17, 15) is 4.79 Å². The van der Waals surface area contributed by atoms with Crippen LogP contribution in [0.25, 0.3) is 0 Å². The van der Waals surface area contributed by atoms with E-state index in [-0.39, 0.29) is 5.91 Å². The van der Waals surface area contributed by atoms with E-state index < -0.39 is 0 Å². The fourth-order valence-corrected chi connectivity index (χ4v) is 3.52. The Hall–Kier alpha value is -2.57. The number of ether oxygens (including phenoxy) is 2. The number of amides is 1. The van der Waals surface area contributed by atoms with Crippen LogP contribution in [-0.4, -0.2) is 52.9 Å². The molecule has 0 aromatic heterocycles. The lowest BCUT2D eigenvalue weighted by molar-refractivity contribution is -1.02. The topological polar surface area (TPSA) is 56.4 Å². The third kappa shape index (κ3) is 5.45. The summed E-state index contributed by atoms with van der Waals surface area (Å²) in [7, 11) is 3.19. The van der Waals surface area contributed by atoms with Gasteiger partial charge in [-0.25, -0.2) is 0 Å². The number of methoxy groups -OCH3 is 2. The molecule has 6 heteroatoms. The van der Waals surface area contributed by atoms with Crippen molar-refractivity contribution < 1.29 is 24.1 Å². The molecule has 2 aromatic rings. The Morgan fingerprint density at radius 3 is 2.33 bits per heavy atom. The summed E-state index contributed by atoms with van der Waals surface area (Å²) in [5.41, 5.74) is 2.05. The molecule has 0 spiro atoms. The van der Waals surface area contributed by atoms with Gasteiger partial charge in [-0.1, -0.05) is 30.3 Å². The summed E-state index contributed by atoms with van der Waals surface area (Å²) >= 11 is 0. The smallest absolute Gasteiger partial charge is 0.279 e. The van der Waals surface area contributed by atoms with Crippen molar-refractivity contribution in [2.45, 2.75) is 6.54 Å². The van der Waals surface area contributed by atoms with Gasteiger partial charge in [0, 0.05) is 11.6 Å². The fraction of sp³-hybridized carbons (Fsp3) is 0.381. The number of piperazine rings is 1. The average molecular weight is 371 g/mol. The molecule has 0 saturated carbocycles. The van der Waals surface area contributed by atoms with E-state index in [1.54, 1.807) is 25.2 Å². The van der Waals surface area contributed by atoms with Gasteiger partial charge in [-0.15, -0.1) is 0 Å². The predicted molar refractivity (Wildman–Crippen MR) is 105 cm³/mol. The van der Waals surface area contributed by atoms with Crippen molar-refractivity contribution in [2.75, 3.05) is 52.3 Å². The van der Waals surface area contributed by atoms with Crippen LogP contribution < -0.4 is 24.6 Å². The molecule has 3 rings (SSSR count). The number of nitrogens with one attached hydrogen (secondary N) is 3. The predicted octanol–water partition coefficient (Wildman–Crippen LogP) is -0.374. The highest BCUT2D eigenvalue weighted by atomic mass is 16.5. The lowest BCUT2D eigenvalue weighted by Crippen LogP contribution is -3.28. The first-order valence-corrected chi connectivity index (χ1v) is 9.41. The Morgan fingerprint density at radius 2 is 1.67 bits per heavy atom. The van der Waals surface area contributed by atoms with Gasteiger partial charge in [-0.3, -0.25) is 4.79 Å². The van der Waals surface area contributed by atoms with Crippen molar-refractivity contribution in [1.29, 1.82) is 0 Å². The van der Waals surface area contributed by atoms with Crippen LogP contribution in [0.3, 0.4) is 0 Å². The van der Waals surface area contributed by atoms with Gasteiger partial charge in [-0.2, -0.15) is 0 Å². The molecule has 1 amide bonds. The lowest BCUT2D eigenvalue weighted by Gasteiger charge is -2.29. The van der Waals surface area contributed by atoms with Crippen LogP contribution in [0.1, 0.15) is 5.56 Å². The maximum absolute atomic E-state index is 12.5. The van der Waals surface area contributed by atoms with Crippen LogP contribution in [-0.2, 0) is 11.3 Å². The van der Waals surface area contributed by atoms with Gasteiger partial charge in [0.05, 0.1) is 19.9 Å². The van der Waals surface area contributed by atoms with Gasteiger partial charge in [-0.05, 0) is 12.1 Å². The van der Waals surface area contributed by atoms with Crippen LogP contribution in [0, 0.1) is 0 Å². The molecule has 1 aliphatic rings. The van der Waals surface area contributed by atoms with Gasteiger partial charge >= 0.3 is 0 Å². The van der Waals surface area contributed by atoms with Gasteiger partial charge in [0.15, 0.2) is 6.54 Å². The maximum Gasteiger partial charge on any atom is 0.279 e. The quantitative estimate of drug-likeness (QED) is 0.622. The molecule has 144 valence electrons. The first-order chi connectivity index (χ1) is 13.2. The Balaban J connectivity index is 1.47. The normalized spacial score (nSPS) is 19.3. The van der Waals surface area contributed by atoms with Crippen molar-refractivity contribution in [3.63, 3.8) is 0 Å². The highest BCUT2D eigenvalue weighted by Crippen LogP contribution is 2.28. The molecule has 1 saturated heterocycles. The molecule has 0 bridgehead atoms. The summed E-state index contributed by atoms with van der Waals surface area (Å²) in [4.78, 5) is 15.4. The second-order valence-corrected chi connectivity index (χ2v) is 6.95. The van der Waals surface area contributed by atoms with Crippen molar-refractivity contribution in [3.05, 3.63) is 54.1 Å². The SMILES string of the molecule is COc1ccc(NC(=O)C[NH+]2CC[NH+](Cc3ccccc3)CC2)c(OC)c1. The summed E-state index contributed by atoms with van der Waals surface area (Å²) < 4.78 is 10.5. The van der Waals surface area contributed by atoms with Crippen LogP contribution in [0.4, 0.5) is 5.69 Å². The summed E-state index contributed by atoms with van der Waals surface area (Å²) in [6, 6.07) is 16.0. The zero-order valence-corrected chi connectivity index (χ0v) is 16.1. The minimum Gasteiger partial charge on any atom is -0.497 e. The largest absolute Gasteiger partial charge is 0.497 e. The molecule has 0 radical (unpaired) electrons. The number of rotatable bonds is 7. The number of carbonyl (C=O) groups is 1. The van der Waals surface area contributed by atoms with Crippen molar-refractivity contribution in [2.24, 2.45) is 0 Å². The molecule has 1 heterocycles. The summed E-state index contributed by atoms with van der Waals surface area (Å²) in [6.07, 6.45) is 0. The zero-order chi connectivity index (χ0) is 19.1. The van der Waals surface area contributed by atoms with E-state index in [1.165, 1.54) is 10.5 Å². The second-order valence-electron chi connectivity index (χ2n) is 6.95. The Bertz CT molecular complexity index is 744. The average Bonchev–Trinajstić information content (AvgIpc) is 2.70.